The van der Waals surface area contributed by atoms with E-state index in [2.05, 4.69) is 22.1 Å². The number of anilines is 1. The zero-order valence-corrected chi connectivity index (χ0v) is 10.4. The van der Waals surface area contributed by atoms with Gasteiger partial charge in [-0.15, -0.1) is 0 Å². The highest BCUT2D eigenvalue weighted by Gasteiger charge is 2.18. The SMILES string of the molecule is CC(=O)N1CCN(c2ccc3nccn3c2)CC1. The molecule has 94 valence electrons. The van der Waals surface area contributed by atoms with Crippen molar-refractivity contribution in [3.63, 3.8) is 0 Å². The van der Waals surface area contributed by atoms with Gasteiger partial charge < -0.3 is 14.2 Å². The highest BCUT2D eigenvalue weighted by atomic mass is 16.2. The van der Waals surface area contributed by atoms with Crippen molar-refractivity contribution in [3.8, 4) is 0 Å². The Morgan fingerprint density at radius 2 is 2.00 bits per heavy atom. The predicted molar refractivity (Wildman–Crippen MR) is 69.7 cm³/mol. The highest BCUT2D eigenvalue weighted by Crippen LogP contribution is 2.17. The Kier molecular flexibility index (Phi) is 2.66. The summed E-state index contributed by atoms with van der Waals surface area (Å²) in [5.41, 5.74) is 2.14. The first-order chi connectivity index (χ1) is 8.74. The monoisotopic (exact) mass is 244 g/mol. The summed E-state index contributed by atoms with van der Waals surface area (Å²) >= 11 is 0. The normalized spacial score (nSPS) is 16.3. The standard InChI is InChI=1S/C13H16N4O/c1-11(18)15-6-8-16(9-7-15)12-2-3-13-14-4-5-17(13)10-12/h2-5,10H,6-9H2,1H3. The van der Waals surface area contributed by atoms with E-state index < -0.39 is 0 Å². The van der Waals surface area contributed by atoms with Gasteiger partial charge in [-0.1, -0.05) is 0 Å². The molecule has 0 unspecified atom stereocenters. The number of piperazine rings is 1. The van der Waals surface area contributed by atoms with Gasteiger partial charge in [0, 0.05) is 51.7 Å². The van der Waals surface area contributed by atoms with E-state index in [1.807, 2.05) is 21.6 Å². The van der Waals surface area contributed by atoms with Crippen molar-refractivity contribution in [3.05, 3.63) is 30.7 Å². The fourth-order valence-electron chi connectivity index (χ4n) is 2.37. The van der Waals surface area contributed by atoms with Crippen LogP contribution in [0.5, 0.6) is 0 Å². The van der Waals surface area contributed by atoms with Crippen LogP contribution in [0.15, 0.2) is 30.7 Å². The molecule has 1 amide bonds. The van der Waals surface area contributed by atoms with Crippen molar-refractivity contribution < 1.29 is 4.79 Å². The van der Waals surface area contributed by atoms with E-state index in [9.17, 15) is 4.79 Å². The summed E-state index contributed by atoms with van der Waals surface area (Å²) in [6.07, 6.45) is 5.84. The third-order valence-corrected chi connectivity index (χ3v) is 3.46. The van der Waals surface area contributed by atoms with E-state index in [1.165, 1.54) is 5.69 Å². The lowest BCUT2D eigenvalue weighted by atomic mass is 10.2. The van der Waals surface area contributed by atoms with Crippen molar-refractivity contribution in [2.75, 3.05) is 31.1 Å². The number of nitrogens with zero attached hydrogens (tertiary/aromatic N) is 4. The van der Waals surface area contributed by atoms with E-state index >= 15 is 0 Å². The number of hydrogen-bond acceptors (Lipinski definition) is 3. The maximum atomic E-state index is 11.3. The van der Waals surface area contributed by atoms with Gasteiger partial charge in [0.2, 0.25) is 5.91 Å². The summed E-state index contributed by atoms with van der Waals surface area (Å²) < 4.78 is 2.02. The number of imidazole rings is 1. The van der Waals surface area contributed by atoms with E-state index in [0.717, 1.165) is 31.8 Å². The van der Waals surface area contributed by atoms with Crippen molar-refractivity contribution in [1.29, 1.82) is 0 Å². The van der Waals surface area contributed by atoms with E-state index in [4.69, 9.17) is 0 Å². The molecule has 0 atom stereocenters. The zero-order chi connectivity index (χ0) is 12.5. The molecule has 1 saturated heterocycles. The molecule has 3 rings (SSSR count). The lowest BCUT2D eigenvalue weighted by molar-refractivity contribution is -0.129. The van der Waals surface area contributed by atoms with Gasteiger partial charge in [-0.05, 0) is 12.1 Å². The molecule has 0 N–H and O–H groups in total. The topological polar surface area (TPSA) is 40.9 Å². The molecule has 0 spiro atoms. The van der Waals surface area contributed by atoms with Gasteiger partial charge in [0.15, 0.2) is 0 Å². The maximum Gasteiger partial charge on any atom is 0.219 e. The Balaban J connectivity index is 1.77. The molecule has 1 fully saturated rings. The smallest absolute Gasteiger partial charge is 0.219 e. The number of amides is 1. The van der Waals surface area contributed by atoms with Crippen molar-refractivity contribution >= 4 is 17.2 Å². The Morgan fingerprint density at radius 3 is 2.72 bits per heavy atom. The van der Waals surface area contributed by atoms with Crippen LogP contribution in [-0.2, 0) is 4.79 Å². The summed E-state index contributed by atoms with van der Waals surface area (Å²) in [4.78, 5) is 19.7. The molecule has 0 radical (unpaired) electrons. The van der Waals surface area contributed by atoms with Gasteiger partial charge >= 0.3 is 0 Å². The van der Waals surface area contributed by atoms with Gasteiger partial charge in [0.05, 0.1) is 5.69 Å². The van der Waals surface area contributed by atoms with Crippen molar-refractivity contribution in [2.24, 2.45) is 0 Å². The third-order valence-electron chi connectivity index (χ3n) is 3.46. The number of aromatic nitrogens is 2. The van der Waals surface area contributed by atoms with Crippen LogP contribution >= 0.6 is 0 Å². The molecule has 5 nitrogen and oxygen atoms in total. The van der Waals surface area contributed by atoms with Gasteiger partial charge in [0.1, 0.15) is 5.65 Å². The minimum atomic E-state index is 0.166. The van der Waals surface area contributed by atoms with Crippen LogP contribution in [0, 0.1) is 0 Å². The van der Waals surface area contributed by atoms with E-state index in [1.54, 1.807) is 13.1 Å². The second kappa shape index (κ2) is 4.33. The first-order valence-electron chi connectivity index (χ1n) is 6.17. The number of rotatable bonds is 1. The zero-order valence-electron chi connectivity index (χ0n) is 10.4. The van der Waals surface area contributed by atoms with Crippen molar-refractivity contribution in [1.82, 2.24) is 14.3 Å². The number of fused-ring (bicyclic) bond motifs is 1. The number of pyridine rings is 1. The first kappa shape index (κ1) is 11.1. The summed E-state index contributed by atoms with van der Waals surface area (Å²) in [5.74, 6) is 0.166. The lowest BCUT2D eigenvalue weighted by Crippen LogP contribution is -2.48. The summed E-state index contributed by atoms with van der Waals surface area (Å²) in [5, 5.41) is 0. The van der Waals surface area contributed by atoms with Gasteiger partial charge in [-0.3, -0.25) is 4.79 Å². The molecular formula is C13H16N4O. The molecule has 5 heteroatoms. The van der Waals surface area contributed by atoms with Crippen LogP contribution in [0.2, 0.25) is 0 Å². The van der Waals surface area contributed by atoms with Crippen LogP contribution in [0.4, 0.5) is 5.69 Å². The quantitative estimate of drug-likeness (QED) is 0.751. The fourth-order valence-corrected chi connectivity index (χ4v) is 2.37. The second-order valence-electron chi connectivity index (χ2n) is 4.57. The Morgan fingerprint density at radius 1 is 1.22 bits per heavy atom. The molecule has 18 heavy (non-hydrogen) atoms. The summed E-state index contributed by atoms with van der Waals surface area (Å²) in [6.45, 7) is 5.02. The van der Waals surface area contributed by atoms with Gasteiger partial charge in [-0.25, -0.2) is 4.98 Å². The third kappa shape index (κ3) is 1.92. The van der Waals surface area contributed by atoms with E-state index in [-0.39, 0.29) is 5.91 Å². The molecule has 2 aromatic heterocycles. The van der Waals surface area contributed by atoms with Crippen LogP contribution in [-0.4, -0.2) is 46.4 Å². The average Bonchev–Trinajstić information content (AvgIpc) is 2.86. The Hall–Kier alpha value is -2.04. The molecular weight excluding hydrogens is 228 g/mol. The summed E-state index contributed by atoms with van der Waals surface area (Å²) in [6, 6.07) is 4.11. The largest absolute Gasteiger partial charge is 0.367 e. The molecule has 1 aliphatic heterocycles. The number of carbonyl (C=O) groups excluding carboxylic acids is 1. The molecule has 0 bridgehead atoms. The van der Waals surface area contributed by atoms with Crippen LogP contribution in [0.1, 0.15) is 6.92 Å². The lowest BCUT2D eigenvalue weighted by Gasteiger charge is -2.35. The van der Waals surface area contributed by atoms with E-state index in [0.29, 0.717) is 0 Å². The molecule has 0 saturated carbocycles. The molecule has 0 aliphatic carbocycles. The molecule has 0 aromatic carbocycles. The minimum Gasteiger partial charge on any atom is -0.367 e. The number of carbonyl (C=O) groups is 1. The average molecular weight is 244 g/mol. The number of hydrogen-bond donors (Lipinski definition) is 0. The highest BCUT2D eigenvalue weighted by molar-refractivity contribution is 5.73. The van der Waals surface area contributed by atoms with Gasteiger partial charge in [0.25, 0.3) is 0 Å². The Labute approximate surface area is 106 Å². The molecule has 3 heterocycles. The summed E-state index contributed by atoms with van der Waals surface area (Å²) in [7, 11) is 0. The minimum absolute atomic E-state index is 0.166. The van der Waals surface area contributed by atoms with Crippen LogP contribution in [0.3, 0.4) is 0 Å². The van der Waals surface area contributed by atoms with Crippen molar-refractivity contribution in [2.45, 2.75) is 6.92 Å². The molecule has 1 aliphatic rings. The van der Waals surface area contributed by atoms with Gasteiger partial charge in [-0.2, -0.15) is 0 Å². The van der Waals surface area contributed by atoms with Crippen LogP contribution < -0.4 is 4.90 Å². The maximum absolute atomic E-state index is 11.3. The Bertz CT molecular complexity index is 569. The predicted octanol–water partition coefficient (Wildman–Crippen LogP) is 1.00. The van der Waals surface area contributed by atoms with Crippen LogP contribution in [0.25, 0.3) is 5.65 Å². The molecule has 2 aromatic rings. The fraction of sp³-hybridized carbons (Fsp3) is 0.385. The first-order valence-corrected chi connectivity index (χ1v) is 6.17. The second-order valence-corrected chi connectivity index (χ2v) is 4.57.